The maximum Gasteiger partial charge on any atom is 0.402 e. The van der Waals surface area contributed by atoms with E-state index in [0.717, 1.165) is 17.0 Å². The van der Waals surface area contributed by atoms with Gasteiger partial charge in [0.15, 0.2) is 5.78 Å². The Morgan fingerprint density at radius 1 is 1.36 bits per heavy atom. The van der Waals surface area contributed by atoms with Crippen LogP contribution in [0.2, 0.25) is 0 Å². The molecular weight excluding hydrogens is 322 g/mol. The number of carbonyl (C=O) groups is 3. The summed E-state index contributed by atoms with van der Waals surface area (Å²) in [4.78, 5) is 44.4. The summed E-state index contributed by atoms with van der Waals surface area (Å²) in [6, 6.07) is -1.79. The average molecular weight is 346 g/mol. The molecule has 2 aliphatic heterocycles. The minimum absolute atomic E-state index is 0.226. The van der Waals surface area contributed by atoms with Crippen molar-refractivity contribution >= 4 is 29.5 Å². The van der Waals surface area contributed by atoms with Gasteiger partial charge in [0.1, 0.15) is 11.9 Å². The van der Waals surface area contributed by atoms with Crippen molar-refractivity contribution in [2.24, 2.45) is 4.99 Å². The van der Waals surface area contributed by atoms with Gasteiger partial charge in [0, 0.05) is 7.05 Å². The highest BCUT2D eigenvalue weighted by Gasteiger charge is 2.54. The van der Waals surface area contributed by atoms with E-state index in [-0.39, 0.29) is 11.8 Å². The molecule has 1 saturated heterocycles. The molecule has 1 aromatic heterocycles. The smallest absolute Gasteiger partial charge is 0.298 e. The molecule has 2 aliphatic rings. The Labute approximate surface area is 146 Å². The zero-order chi connectivity index (χ0) is 18.6. The van der Waals surface area contributed by atoms with E-state index in [1.807, 2.05) is 17.7 Å². The SMILES string of the molecule is CCC(C)n1c(C)c[n+]2c1N=C1C2C(=O)N(C(C)C(C)=O)C(=O)N1C. The summed E-state index contributed by atoms with van der Waals surface area (Å²) in [5.41, 5.74) is 1.01. The van der Waals surface area contributed by atoms with E-state index >= 15 is 0 Å². The average Bonchev–Trinajstić information content (AvgIpc) is 3.06. The van der Waals surface area contributed by atoms with Crippen LogP contribution in [0.3, 0.4) is 0 Å². The number of urea groups is 1. The van der Waals surface area contributed by atoms with E-state index in [0.29, 0.717) is 11.8 Å². The number of hydrogen-bond acceptors (Lipinski definition) is 4. The number of aliphatic imine (C=N–C) groups is 1. The minimum atomic E-state index is -0.800. The Hall–Kier alpha value is -2.51. The fraction of sp³-hybridized carbons (Fsp3) is 0.588. The number of ketones is 1. The van der Waals surface area contributed by atoms with E-state index in [4.69, 9.17) is 0 Å². The van der Waals surface area contributed by atoms with Crippen LogP contribution in [-0.2, 0) is 9.59 Å². The molecule has 0 aromatic carbocycles. The van der Waals surface area contributed by atoms with Crippen LogP contribution in [-0.4, -0.2) is 51.0 Å². The van der Waals surface area contributed by atoms with Crippen molar-refractivity contribution in [2.45, 2.75) is 59.2 Å². The molecule has 0 bridgehead atoms. The molecule has 8 nitrogen and oxygen atoms in total. The van der Waals surface area contributed by atoms with Crippen molar-refractivity contribution in [3.63, 3.8) is 0 Å². The molecule has 1 fully saturated rings. The molecule has 3 rings (SSSR count). The molecule has 0 saturated carbocycles. The third kappa shape index (κ3) is 2.31. The van der Waals surface area contributed by atoms with Gasteiger partial charge in [-0.25, -0.2) is 18.8 Å². The summed E-state index contributed by atoms with van der Waals surface area (Å²) >= 11 is 0. The molecule has 0 spiro atoms. The normalized spacial score (nSPS) is 21.8. The number of amides is 3. The molecule has 8 heteroatoms. The number of carbonyl (C=O) groups excluding carboxylic acids is 3. The highest BCUT2D eigenvalue weighted by atomic mass is 16.2. The number of imidazole rings is 1. The number of nitrogens with zero attached hydrogens (tertiary/aromatic N) is 5. The largest absolute Gasteiger partial charge is 0.402 e. The fourth-order valence-electron chi connectivity index (χ4n) is 3.43. The Kier molecular flexibility index (Phi) is 4.01. The second-order valence-electron chi connectivity index (χ2n) is 6.81. The Bertz CT molecular complexity index is 809. The summed E-state index contributed by atoms with van der Waals surface area (Å²) in [6.07, 6.45) is 2.81. The molecule has 3 amide bonds. The van der Waals surface area contributed by atoms with Gasteiger partial charge in [0.25, 0.3) is 5.91 Å². The summed E-state index contributed by atoms with van der Waals surface area (Å²) < 4.78 is 3.89. The zero-order valence-electron chi connectivity index (χ0n) is 15.5. The number of aromatic nitrogens is 2. The molecular formula is C17H24N5O3+. The van der Waals surface area contributed by atoms with Gasteiger partial charge in [0.05, 0.1) is 12.1 Å². The van der Waals surface area contributed by atoms with E-state index < -0.39 is 24.0 Å². The van der Waals surface area contributed by atoms with Crippen LogP contribution in [0, 0.1) is 6.92 Å². The monoisotopic (exact) mass is 346 g/mol. The van der Waals surface area contributed by atoms with Crippen LogP contribution < -0.4 is 4.57 Å². The van der Waals surface area contributed by atoms with Crippen molar-refractivity contribution < 1.29 is 19.0 Å². The van der Waals surface area contributed by atoms with Crippen LogP contribution in [0.1, 0.15) is 51.9 Å². The van der Waals surface area contributed by atoms with E-state index in [9.17, 15) is 14.4 Å². The van der Waals surface area contributed by atoms with Crippen LogP contribution in [0.25, 0.3) is 0 Å². The molecule has 0 radical (unpaired) electrons. The fourth-order valence-corrected chi connectivity index (χ4v) is 3.43. The first-order valence-electron chi connectivity index (χ1n) is 8.53. The maximum atomic E-state index is 13.0. The van der Waals surface area contributed by atoms with Gasteiger partial charge in [-0.15, -0.1) is 0 Å². The lowest BCUT2D eigenvalue weighted by molar-refractivity contribution is -0.677. The Balaban J connectivity index is 2.12. The summed E-state index contributed by atoms with van der Waals surface area (Å²) in [5, 5.41) is 0. The molecule has 0 aliphatic carbocycles. The molecule has 3 heterocycles. The molecule has 134 valence electrons. The third-order valence-corrected chi connectivity index (χ3v) is 5.20. The van der Waals surface area contributed by atoms with Crippen molar-refractivity contribution in [3.05, 3.63) is 11.9 Å². The summed E-state index contributed by atoms with van der Waals surface area (Å²) in [5.74, 6) is 0.438. The van der Waals surface area contributed by atoms with E-state index in [1.54, 1.807) is 14.0 Å². The molecule has 1 aromatic rings. The maximum absolute atomic E-state index is 13.0. The van der Waals surface area contributed by atoms with Gasteiger partial charge in [-0.1, -0.05) is 11.9 Å². The second kappa shape index (κ2) is 5.79. The van der Waals surface area contributed by atoms with Crippen LogP contribution >= 0.6 is 0 Å². The third-order valence-electron chi connectivity index (χ3n) is 5.20. The Morgan fingerprint density at radius 3 is 2.56 bits per heavy atom. The standard InChI is InChI=1S/C17H24N5O3/c1-7-9(2)21-10(3)8-20-13-14(18-16(20)21)19(6)17(25)22(15(13)24)11(4)12(5)23/h8-9,11,13H,7H2,1-6H3/q+1. The predicted molar refractivity (Wildman–Crippen MR) is 90.6 cm³/mol. The highest BCUT2D eigenvalue weighted by molar-refractivity contribution is 6.20. The number of aryl methyl sites for hydroxylation is 1. The molecule has 0 N–H and O–H groups in total. The number of imide groups is 1. The second-order valence-corrected chi connectivity index (χ2v) is 6.81. The van der Waals surface area contributed by atoms with Gasteiger partial charge >= 0.3 is 12.0 Å². The van der Waals surface area contributed by atoms with Crippen molar-refractivity contribution in [1.29, 1.82) is 0 Å². The van der Waals surface area contributed by atoms with Gasteiger partial charge < -0.3 is 0 Å². The zero-order valence-corrected chi connectivity index (χ0v) is 15.5. The number of fused-ring (bicyclic) bond motifs is 3. The van der Waals surface area contributed by atoms with E-state index in [2.05, 4.69) is 23.4 Å². The Morgan fingerprint density at radius 2 is 2.00 bits per heavy atom. The van der Waals surface area contributed by atoms with Crippen LogP contribution in [0.15, 0.2) is 11.2 Å². The first kappa shape index (κ1) is 17.3. The van der Waals surface area contributed by atoms with Gasteiger partial charge in [0.2, 0.25) is 11.9 Å². The van der Waals surface area contributed by atoms with Crippen LogP contribution in [0.5, 0.6) is 0 Å². The quantitative estimate of drug-likeness (QED) is 0.775. The highest BCUT2D eigenvalue weighted by Crippen LogP contribution is 2.32. The van der Waals surface area contributed by atoms with Gasteiger partial charge in [-0.05, 0) is 34.1 Å². The first-order chi connectivity index (χ1) is 11.7. The lowest BCUT2D eigenvalue weighted by Gasteiger charge is -2.35. The van der Waals surface area contributed by atoms with Crippen LogP contribution in [0.4, 0.5) is 10.7 Å². The van der Waals surface area contributed by atoms with Gasteiger partial charge in [-0.2, -0.15) is 0 Å². The van der Waals surface area contributed by atoms with Crippen molar-refractivity contribution in [2.75, 3.05) is 7.05 Å². The van der Waals surface area contributed by atoms with E-state index in [1.165, 1.54) is 11.8 Å². The molecule has 3 unspecified atom stereocenters. The van der Waals surface area contributed by atoms with Crippen molar-refractivity contribution in [1.82, 2.24) is 14.4 Å². The molecule has 3 atom stereocenters. The number of Topliss-reactive ketones (excluding diaryl/α,β-unsaturated/α-hetero) is 1. The summed E-state index contributed by atoms with van der Waals surface area (Å²) in [7, 11) is 1.59. The number of hydrogen-bond donors (Lipinski definition) is 0. The molecule has 25 heavy (non-hydrogen) atoms. The lowest BCUT2D eigenvalue weighted by Crippen LogP contribution is -2.65. The number of rotatable bonds is 4. The van der Waals surface area contributed by atoms with Gasteiger partial charge in [-0.3, -0.25) is 14.5 Å². The predicted octanol–water partition coefficient (Wildman–Crippen LogP) is 1.51. The lowest BCUT2D eigenvalue weighted by atomic mass is 10.1. The topological polar surface area (TPSA) is 78.9 Å². The minimum Gasteiger partial charge on any atom is -0.298 e. The number of amidine groups is 1. The summed E-state index contributed by atoms with van der Waals surface area (Å²) in [6.45, 7) is 9.12. The van der Waals surface area contributed by atoms with Crippen molar-refractivity contribution in [3.8, 4) is 0 Å². The first-order valence-corrected chi connectivity index (χ1v) is 8.53. The number of likely N-dealkylation sites (N-methyl/N-ethyl adjacent to an activating group) is 1.